The molecule has 244 valence electrons. The van der Waals surface area contributed by atoms with Gasteiger partial charge in [-0.25, -0.2) is 4.67 Å². The summed E-state index contributed by atoms with van der Waals surface area (Å²) in [5, 5.41) is 0. The molecule has 0 aliphatic carbocycles. The summed E-state index contributed by atoms with van der Waals surface area (Å²) in [6.45, 7) is 16.3. The standard InChI is InChI=1S/C12H28NO2P.C7H17O3PS.C5H11O3PS3/c1-7-9-14-16(15-10-8-2)13(11(3)4)12(5)6;1-4-6-9-11(12,8-3)10-7-5-2;1-6-9(10)7-2-4-11-12-5-3-8-9/h11-12H,7-10H2,1-6H3;4-7H2,1-3H3;2-5H2,1H3. The van der Waals surface area contributed by atoms with Gasteiger partial charge in [0.15, 0.2) is 0 Å². The van der Waals surface area contributed by atoms with E-state index in [0.29, 0.717) is 38.5 Å². The molecule has 0 unspecified atom stereocenters. The molecule has 1 heterocycles. The van der Waals surface area contributed by atoms with Crippen molar-refractivity contribution >= 4 is 67.2 Å². The molecular formula is C24H56NO8P3S4. The third kappa shape index (κ3) is 23.5. The fourth-order valence-electron chi connectivity index (χ4n) is 2.66. The van der Waals surface area contributed by atoms with Gasteiger partial charge in [-0.1, -0.05) is 49.3 Å². The molecule has 0 aromatic heterocycles. The van der Waals surface area contributed by atoms with Crippen molar-refractivity contribution in [3.8, 4) is 0 Å². The zero-order valence-electron chi connectivity index (χ0n) is 26.3. The Labute approximate surface area is 265 Å². The zero-order valence-corrected chi connectivity index (χ0v) is 32.3. The molecule has 0 aromatic carbocycles. The minimum atomic E-state index is -2.40. The summed E-state index contributed by atoms with van der Waals surface area (Å²) in [4.78, 5) is 0. The number of hydrogen-bond acceptors (Lipinski definition) is 13. The quantitative estimate of drug-likeness (QED) is 0.107. The van der Waals surface area contributed by atoms with Crippen LogP contribution in [-0.4, -0.2) is 82.1 Å². The molecule has 16 heteroatoms. The highest BCUT2D eigenvalue weighted by Crippen LogP contribution is 2.50. The maximum Gasteiger partial charge on any atom is 0.326 e. The van der Waals surface area contributed by atoms with Crippen LogP contribution >= 0.6 is 43.6 Å². The third-order valence-corrected chi connectivity index (χ3v) is 13.8. The summed E-state index contributed by atoms with van der Waals surface area (Å²) < 4.78 is 45.4. The van der Waals surface area contributed by atoms with Gasteiger partial charge in [0, 0.05) is 37.8 Å². The predicted octanol–water partition coefficient (Wildman–Crippen LogP) is 9.18. The van der Waals surface area contributed by atoms with Crippen LogP contribution in [0, 0.1) is 0 Å². The molecule has 0 N–H and O–H groups in total. The van der Waals surface area contributed by atoms with E-state index in [1.165, 1.54) is 7.11 Å². The van der Waals surface area contributed by atoms with Crippen molar-refractivity contribution in [2.45, 2.75) is 93.2 Å². The van der Waals surface area contributed by atoms with Gasteiger partial charge in [-0.2, -0.15) is 0 Å². The third-order valence-electron chi connectivity index (χ3n) is 4.33. The Morgan fingerprint density at radius 1 is 0.800 bits per heavy atom. The molecule has 0 aromatic rings. The number of rotatable bonds is 17. The minimum Gasteiger partial charge on any atom is -0.322 e. The lowest BCUT2D eigenvalue weighted by Crippen LogP contribution is -2.33. The van der Waals surface area contributed by atoms with Crippen LogP contribution in [-0.2, 0) is 59.8 Å². The molecule has 0 atom stereocenters. The van der Waals surface area contributed by atoms with E-state index < -0.39 is 22.0 Å². The smallest absolute Gasteiger partial charge is 0.322 e. The van der Waals surface area contributed by atoms with Crippen LogP contribution in [0.4, 0.5) is 0 Å². The second kappa shape index (κ2) is 28.5. The largest absolute Gasteiger partial charge is 0.326 e. The predicted molar refractivity (Wildman–Crippen MR) is 183 cm³/mol. The molecule has 0 bridgehead atoms. The van der Waals surface area contributed by atoms with Crippen LogP contribution in [0.25, 0.3) is 0 Å². The van der Waals surface area contributed by atoms with E-state index in [1.807, 2.05) is 13.8 Å². The van der Waals surface area contributed by atoms with Crippen LogP contribution in [0.1, 0.15) is 81.1 Å². The molecule has 0 amide bonds. The molecule has 1 saturated heterocycles. The normalized spacial score (nSPS) is 16.1. The Hall–Kier alpha value is 2.07. The molecule has 40 heavy (non-hydrogen) atoms. The van der Waals surface area contributed by atoms with Crippen molar-refractivity contribution < 1.29 is 36.2 Å². The first-order valence-corrected chi connectivity index (χ1v) is 22.7. The van der Waals surface area contributed by atoms with Crippen molar-refractivity contribution in [1.82, 2.24) is 4.67 Å². The highest BCUT2D eigenvalue weighted by molar-refractivity contribution is 8.76. The first-order chi connectivity index (χ1) is 19.0. The van der Waals surface area contributed by atoms with Gasteiger partial charge in [-0.3, -0.25) is 0 Å². The van der Waals surface area contributed by atoms with Crippen molar-refractivity contribution in [2.75, 3.05) is 65.4 Å². The highest BCUT2D eigenvalue weighted by atomic mass is 33.1. The van der Waals surface area contributed by atoms with Crippen molar-refractivity contribution in [3.05, 3.63) is 0 Å². The maximum atomic E-state index is 5.85. The van der Waals surface area contributed by atoms with Gasteiger partial charge in [-0.15, -0.1) is 0 Å². The summed E-state index contributed by atoms with van der Waals surface area (Å²) in [6.07, 6.45) is 3.94. The van der Waals surface area contributed by atoms with Crippen LogP contribution in [0.3, 0.4) is 0 Å². The molecule has 1 aliphatic rings. The van der Waals surface area contributed by atoms with E-state index in [-0.39, 0.29) is 0 Å². The second-order valence-electron chi connectivity index (χ2n) is 8.71. The molecular weight excluding hydrogens is 651 g/mol. The Balaban J connectivity index is 0. The summed E-state index contributed by atoms with van der Waals surface area (Å²) >= 11 is 10.2. The first kappa shape index (κ1) is 44.2. The Kier molecular flexibility index (Phi) is 31.5. The fourth-order valence-corrected chi connectivity index (χ4v) is 9.24. The Bertz CT molecular complexity index is 622. The SMILES string of the molecule is CCCOP(=S)(OC)OCCC.CCCOP(OCCC)N(C(C)C)C(C)C.COP1(=S)OCCSSCCO1. The van der Waals surface area contributed by atoms with E-state index >= 15 is 0 Å². The van der Waals surface area contributed by atoms with Gasteiger partial charge < -0.3 is 36.2 Å². The average Bonchev–Trinajstić information content (AvgIpc) is 3.04. The topological polar surface area (TPSA) is 77.1 Å². The van der Waals surface area contributed by atoms with Crippen LogP contribution in [0.5, 0.6) is 0 Å². The minimum absolute atomic E-state index is 0.458. The van der Waals surface area contributed by atoms with E-state index in [4.69, 9.17) is 59.8 Å². The lowest BCUT2D eigenvalue weighted by molar-refractivity contribution is 0.174. The molecule has 0 radical (unpaired) electrons. The molecule has 9 nitrogen and oxygen atoms in total. The molecule has 1 fully saturated rings. The van der Waals surface area contributed by atoms with Crippen LogP contribution in [0.2, 0.25) is 0 Å². The lowest BCUT2D eigenvalue weighted by Gasteiger charge is -2.35. The summed E-state index contributed by atoms with van der Waals surface area (Å²) in [6, 6.07) is 0.916. The number of nitrogens with zero attached hydrogens (tertiary/aromatic N) is 1. The molecule has 0 saturated carbocycles. The lowest BCUT2D eigenvalue weighted by atomic mass is 10.3. The van der Waals surface area contributed by atoms with Gasteiger partial charge in [0.05, 0.1) is 39.6 Å². The molecule has 0 spiro atoms. The fraction of sp³-hybridized carbons (Fsp3) is 1.00. The number of hydrogen-bond donors (Lipinski definition) is 0. The summed E-state index contributed by atoms with van der Waals surface area (Å²) in [5.74, 6) is 1.88. The van der Waals surface area contributed by atoms with E-state index in [1.54, 1.807) is 28.7 Å². The first-order valence-electron chi connectivity index (χ1n) is 14.0. The summed E-state index contributed by atoms with van der Waals surface area (Å²) in [7, 11) is 5.76. The van der Waals surface area contributed by atoms with Gasteiger partial charge in [0.25, 0.3) is 8.53 Å². The Morgan fingerprint density at radius 3 is 1.50 bits per heavy atom. The van der Waals surface area contributed by atoms with Crippen molar-refractivity contribution in [2.24, 2.45) is 0 Å². The van der Waals surface area contributed by atoms with Crippen LogP contribution in [0.15, 0.2) is 0 Å². The van der Waals surface area contributed by atoms with Crippen LogP contribution < -0.4 is 0 Å². The molecule has 1 aliphatic heterocycles. The van der Waals surface area contributed by atoms with E-state index in [9.17, 15) is 0 Å². The second-order valence-corrected chi connectivity index (χ2v) is 19.1. The van der Waals surface area contributed by atoms with Gasteiger partial charge in [0.2, 0.25) is 0 Å². The zero-order chi connectivity index (χ0) is 30.9. The van der Waals surface area contributed by atoms with Crippen molar-refractivity contribution in [3.63, 3.8) is 0 Å². The monoisotopic (exact) mass is 707 g/mol. The summed E-state index contributed by atoms with van der Waals surface area (Å²) in [5.41, 5.74) is 0. The van der Waals surface area contributed by atoms with Gasteiger partial charge in [0.1, 0.15) is 0 Å². The van der Waals surface area contributed by atoms with Crippen molar-refractivity contribution in [1.29, 1.82) is 0 Å². The Morgan fingerprint density at radius 2 is 1.20 bits per heavy atom. The van der Waals surface area contributed by atoms with Gasteiger partial charge in [-0.05, 0) is 77.0 Å². The highest BCUT2D eigenvalue weighted by Gasteiger charge is 2.26. The van der Waals surface area contributed by atoms with E-state index in [2.05, 4.69) is 46.2 Å². The molecule has 1 rings (SSSR count). The average molecular weight is 708 g/mol. The van der Waals surface area contributed by atoms with E-state index in [0.717, 1.165) is 50.4 Å². The van der Waals surface area contributed by atoms with Gasteiger partial charge >= 0.3 is 13.4 Å². The maximum absolute atomic E-state index is 5.85.